The number of fused-ring (bicyclic) bond motifs is 2. The maximum absolute atomic E-state index is 14.8. The van der Waals surface area contributed by atoms with Gasteiger partial charge in [-0.25, -0.2) is 4.79 Å². The molecule has 0 unspecified atom stereocenters. The number of nitrogens with zero attached hydrogens (tertiary/aromatic N) is 2. The molecular weight excluding hydrogens is 566 g/mol. The van der Waals surface area contributed by atoms with Gasteiger partial charge in [-0.15, -0.1) is 0 Å². The molecule has 0 bridgehead atoms. The lowest BCUT2D eigenvalue weighted by Crippen LogP contribution is -2.55. The number of methoxy groups -OCH3 is 3. The monoisotopic (exact) mass is 599 g/mol. The minimum absolute atomic E-state index is 0.0556. The lowest BCUT2D eigenvalue weighted by Gasteiger charge is -2.44. The van der Waals surface area contributed by atoms with Crippen molar-refractivity contribution in [2.75, 3.05) is 26.2 Å². The molecule has 0 aromatic heterocycles. The largest absolute Gasteiger partial charge is 0.493 e. The summed E-state index contributed by atoms with van der Waals surface area (Å²) in [5, 5.41) is 10.4. The standard InChI is InChI=1S/C33H33N3O8/c1-16-14-32(2,3)36-27-19(16)12-18(43-30(38)17-10-24(40-4)28(42-6)25(11-17)41-5)13-20(27)33(31(36)39)21(15-34)29(35)44-23-9-7-8-22(37)26(23)33/h10-13,16H,7-9,14,35H2,1-6H3/t16-,33-/m0/s1. The van der Waals surface area contributed by atoms with E-state index in [1.165, 1.54) is 33.5 Å². The molecule has 4 aliphatic rings. The third kappa shape index (κ3) is 3.83. The zero-order valence-corrected chi connectivity index (χ0v) is 25.5. The smallest absolute Gasteiger partial charge is 0.343 e. The van der Waals surface area contributed by atoms with Crippen LogP contribution in [0.1, 0.15) is 73.9 Å². The van der Waals surface area contributed by atoms with E-state index < -0.39 is 22.8 Å². The fourth-order valence-electron chi connectivity index (χ4n) is 7.33. The predicted octanol–water partition coefficient (Wildman–Crippen LogP) is 4.53. The topological polar surface area (TPSA) is 150 Å². The second-order valence-electron chi connectivity index (χ2n) is 12.0. The van der Waals surface area contributed by atoms with Crippen molar-refractivity contribution in [2.24, 2.45) is 5.73 Å². The van der Waals surface area contributed by atoms with Crippen LogP contribution in [-0.4, -0.2) is 44.5 Å². The Morgan fingerprint density at radius 2 is 1.75 bits per heavy atom. The number of anilines is 1. The average Bonchev–Trinajstić information content (AvgIpc) is 3.24. The van der Waals surface area contributed by atoms with Gasteiger partial charge in [-0.1, -0.05) is 6.92 Å². The molecule has 3 aliphatic heterocycles. The van der Waals surface area contributed by atoms with Crippen LogP contribution in [0.5, 0.6) is 23.0 Å². The van der Waals surface area contributed by atoms with Crippen molar-refractivity contribution in [1.82, 2.24) is 0 Å². The molecule has 2 atom stereocenters. The van der Waals surface area contributed by atoms with Gasteiger partial charge in [-0.3, -0.25) is 9.59 Å². The van der Waals surface area contributed by atoms with Gasteiger partial charge in [0.1, 0.15) is 28.6 Å². The van der Waals surface area contributed by atoms with Crippen molar-refractivity contribution in [3.63, 3.8) is 0 Å². The van der Waals surface area contributed by atoms with E-state index in [1.807, 2.05) is 20.8 Å². The van der Waals surface area contributed by atoms with Crippen LogP contribution in [0.4, 0.5) is 5.69 Å². The summed E-state index contributed by atoms with van der Waals surface area (Å²) in [4.78, 5) is 43.8. The highest BCUT2D eigenvalue weighted by atomic mass is 16.5. The molecule has 2 N–H and O–H groups in total. The normalized spacial score (nSPS) is 23.1. The first-order valence-electron chi connectivity index (χ1n) is 14.3. The molecule has 3 heterocycles. The lowest BCUT2D eigenvalue weighted by molar-refractivity contribution is -0.125. The first-order valence-corrected chi connectivity index (χ1v) is 14.3. The summed E-state index contributed by atoms with van der Waals surface area (Å²) in [6.45, 7) is 5.95. The number of Topliss-reactive ketones (excluding diaryl/α,β-unsaturated/α-hetero) is 1. The Morgan fingerprint density at radius 3 is 2.36 bits per heavy atom. The van der Waals surface area contributed by atoms with Crippen LogP contribution >= 0.6 is 0 Å². The van der Waals surface area contributed by atoms with Gasteiger partial charge >= 0.3 is 5.97 Å². The number of ketones is 1. The Morgan fingerprint density at radius 1 is 1.07 bits per heavy atom. The van der Waals surface area contributed by atoms with Crippen LogP contribution in [0.25, 0.3) is 0 Å². The Hall–Kier alpha value is -4.98. The molecule has 1 amide bonds. The molecule has 0 fully saturated rings. The number of benzene rings is 2. The van der Waals surface area contributed by atoms with E-state index in [-0.39, 0.29) is 58.0 Å². The zero-order chi connectivity index (χ0) is 31.7. The number of allylic oxidation sites excluding steroid dienone is 1. The van der Waals surface area contributed by atoms with Gasteiger partial charge in [0.25, 0.3) is 0 Å². The maximum atomic E-state index is 14.8. The van der Waals surface area contributed by atoms with Gasteiger partial charge < -0.3 is 34.3 Å². The van der Waals surface area contributed by atoms with Gasteiger partial charge in [0.05, 0.1) is 38.2 Å². The summed E-state index contributed by atoms with van der Waals surface area (Å²) in [5.41, 5.74) is 5.69. The number of carbonyl (C=O) groups excluding carboxylic acids is 3. The fraction of sp³-hybridized carbons (Fsp3) is 0.394. The van der Waals surface area contributed by atoms with E-state index in [0.717, 1.165) is 5.56 Å². The lowest BCUT2D eigenvalue weighted by atomic mass is 9.65. The first kappa shape index (κ1) is 29.1. The van der Waals surface area contributed by atoms with E-state index >= 15 is 0 Å². The van der Waals surface area contributed by atoms with Crippen LogP contribution in [0.2, 0.25) is 0 Å². The zero-order valence-electron chi connectivity index (χ0n) is 25.5. The summed E-state index contributed by atoms with van der Waals surface area (Å²) in [7, 11) is 4.35. The van der Waals surface area contributed by atoms with Gasteiger partial charge in [0, 0.05) is 23.9 Å². The highest BCUT2D eigenvalue weighted by molar-refractivity contribution is 6.21. The van der Waals surface area contributed by atoms with E-state index in [4.69, 9.17) is 29.4 Å². The van der Waals surface area contributed by atoms with Gasteiger partial charge in [-0.05, 0) is 62.4 Å². The quantitative estimate of drug-likeness (QED) is 0.383. The highest BCUT2D eigenvalue weighted by Gasteiger charge is 2.65. The third-order valence-electron chi connectivity index (χ3n) is 9.02. The molecule has 0 saturated carbocycles. The van der Waals surface area contributed by atoms with Crippen molar-refractivity contribution in [2.45, 2.75) is 63.3 Å². The minimum atomic E-state index is -1.83. The second-order valence-corrected chi connectivity index (χ2v) is 12.0. The maximum Gasteiger partial charge on any atom is 0.343 e. The number of nitriles is 1. The summed E-state index contributed by atoms with van der Waals surface area (Å²) in [5.74, 6) is -0.397. The predicted molar refractivity (Wildman–Crippen MR) is 158 cm³/mol. The molecular formula is C33H33N3O8. The molecule has 6 rings (SSSR count). The third-order valence-corrected chi connectivity index (χ3v) is 9.02. The highest BCUT2D eigenvalue weighted by Crippen LogP contribution is 2.61. The van der Waals surface area contributed by atoms with E-state index in [0.29, 0.717) is 42.0 Å². The number of hydrogen-bond donors (Lipinski definition) is 1. The van der Waals surface area contributed by atoms with Crippen LogP contribution in [0, 0.1) is 11.3 Å². The SMILES string of the molecule is COc1cc(C(=O)Oc2cc3c4c(c2)[C@]2(C(=O)N4C(C)(C)C[C@@H]3C)C(C#N)=C(N)OC3=C2C(=O)CCC3)cc(OC)c1OC. The van der Waals surface area contributed by atoms with Crippen molar-refractivity contribution in [1.29, 1.82) is 5.26 Å². The van der Waals surface area contributed by atoms with E-state index in [9.17, 15) is 19.6 Å². The van der Waals surface area contributed by atoms with E-state index in [1.54, 1.807) is 17.0 Å². The Bertz CT molecular complexity index is 1740. The summed E-state index contributed by atoms with van der Waals surface area (Å²) < 4.78 is 27.9. The fourth-order valence-corrected chi connectivity index (χ4v) is 7.33. The van der Waals surface area contributed by atoms with Gasteiger partial charge in [0.15, 0.2) is 17.3 Å². The number of carbonyl (C=O) groups is 3. The van der Waals surface area contributed by atoms with Crippen molar-refractivity contribution in [3.05, 3.63) is 63.7 Å². The molecule has 44 heavy (non-hydrogen) atoms. The first-order chi connectivity index (χ1) is 20.9. The van der Waals surface area contributed by atoms with E-state index in [2.05, 4.69) is 6.07 Å². The van der Waals surface area contributed by atoms with Crippen molar-refractivity contribution in [3.8, 4) is 29.1 Å². The Labute approximate surface area is 254 Å². The number of nitrogens with two attached hydrogens (primary N) is 1. The molecule has 11 nitrogen and oxygen atoms in total. The molecule has 0 saturated heterocycles. The minimum Gasteiger partial charge on any atom is -0.493 e. The second kappa shape index (κ2) is 10.0. The van der Waals surface area contributed by atoms with Crippen molar-refractivity contribution < 1.29 is 38.1 Å². The van der Waals surface area contributed by atoms with Crippen LogP contribution < -0.4 is 29.6 Å². The summed E-state index contributed by atoms with van der Waals surface area (Å²) in [6, 6.07) is 8.38. The average molecular weight is 600 g/mol. The summed E-state index contributed by atoms with van der Waals surface area (Å²) in [6.07, 6.45) is 1.72. The number of amides is 1. The molecule has 2 aromatic carbocycles. The number of esters is 1. The van der Waals surface area contributed by atoms with Crippen LogP contribution in [0.15, 0.2) is 47.1 Å². The molecule has 0 radical (unpaired) electrons. The van der Waals surface area contributed by atoms with Crippen LogP contribution in [-0.2, 0) is 19.7 Å². The number of hydrogen-bond acceptors (Lipinski definition) is 10. The Balaban J connectivity index is 1.58. The molecule has 1 aliphatic carbocycles. The molecule has 228 valence electrons. The number of rotatable bonds is 5. The molecule has 1 spiro atoms. The Kier molecular flexibility index (Phi) is 6.65. The number of ether oxygens (including phenoxy) is 5. The van der Waals surface area contributed by atoms with Gasteiger partial charge in [-0.2, -0.15) is 5.26 Å². The van der Waals surface area contributed by atoms with Crippen LogP contribution in [0.3, 0.4) is 0 Å². The summed E-state index contributed by atoms with van der Waals surface area (Å²) >= 11 is 0. The molecule has 2 aromatic rings. The molecule has 11 heteroatoms. The van der Waals surface area contributed by atoms with Crippen molar-refractivity contribution >= 4 is 23.3 Å². The van der Waals surface area contributed by atoms with Gasteiger partial charge in [0.2, 0.25) is 17.5 Å².